The minimum atomic E-state index is -0.464. The van der Waals surface area contributed by atoms with E-state index in [9.17, 15) is 4.39 Å². The van der Waals surface area contributed by atoms with Crippen LogP contribution >= 0.6 is 11.6 Å². The first kappa shape index (κ1) is 13.4. The summed E-state index contributed by atoms with van der Waals surface area (Å²) in [5.41, 5.74) is 2.13. The largest absolute Gasteiger partial charge is 0.377 e. The number of hydrogen-bond donors (Lipinski definition) is 1. The van der Waals surface area contributed by atoms with Crippen LogP contribution < -0.4 is 5.32 Å². The van der Waals surface area contributed by atoms with Crippen molar-refractivity contribution in [3.63, 3.8) is 0 Å². The highest BCUT2D eigenvalue weighted by Gasteiger charge is 2.11. The average molecular weight is 279 g/mol. The Labute approximate surface area is 115 Å². The average Bonchev–Trinajstić information content (AvgIpc) is 2.62. The van der Waals surface area contributed by atoms with E-state index >= 15 is 0 Å². The van der Waals surface area contributed by atoms with E-state index < -0.39 is 5.82 Å². The fourth-order valence-corrected chi connectivity index (χ4v) is 2.01. The second kappa shape index (κ2) is 5.29. The molecule has 0 saturated carbocycles. The van der Waals surface area contributed by atoms with Crippen LogP contribution in [0.5, 0.6) is 0 Å². The van der Waals surface area contributed by atoms with Crippen molar-refractivity contribution >= 4 is 17.3 Å². The van der Waals surface area contributed by atoms with E-state index in [1.807, 2.05) is 13.0 Å². The first-order valence-electron chi connectivity index (χ1n) is 5.64. The molecule has 1 aromatic carbocycles. The Morgan fingerprint density at radius 3 is 2.79 bits per heavy atom. The number of benzene rings is 1. The minimum Gasteiger partial charge on any atom is -0.377 e. The number of aryl methyl sites for hydroxylation is 2. The lowest BCUT2D eigenvalue weighted by Crippen LogP contribution is -2.07. The standard InChI is InChI=1S/C13H12ClFN4/c1-8-13(14)12(19(2)18-8)7-17-11-4-3-9(6-16)5-10(11)15/h3-5,17H,7H2,1-2H3. The van der Waals surface area contributed by atoms with Crippen LogP contribution in [0.3, 0.4) is 0 Å². The zero-order valence-corrected chi connectivity index (χ0v) is 11.3. The molecule has 0 aliphatic carbocycles. The van der Waals surface area contributed by atoms with E-state index in [1.165, 1.54) is 12.1 Å². The third kappa shape index (κ3) is 2.69. The highest BCUT2D eigenvalue weighted by Crippen LogP contribution is 2.22. The molecule has 19 heavy (non-hydrogen) atoms. The van der Waals surface area contributed by atoms with Gasteiger partial charge in [0.1, 0.15) is 5.82 Å². The molecule has 0 amide bonds. The maximum Gasteiger partial charge on any atom is 0.147 e. The van der Waals surface area contributed by atoms with Crippen LogP contribution in [0.4, 0.5) is 10.1 Å². The molecule has 2 rings (SSSR count). The van der Waals surface area contributed by atoms with E-state index in [0.717, 1.165) is 11.4 Å². The Hall–Kier alpha value is -2.06. The summed E-state index contributed by atoms with van der Waals surface area (Å²) in [6, 6.07) is 6.17. The molecule has 98 valence electrons. The van der Waals surface area contributed by atoms with E-state index in [0.29, 0.717) is 17.3 Å². The van der Waals surface area contributed by atoms with Gasteiger partial charge in [0.2, 0.25) is 0 Å². The third-order valence-corrected chi connectivity index (χ3v) is 3.30. The van der Waals surface area contributed by atoms with E-state index in [-0.39, 0.29) is 5.56 Å². The second-order valence-corrected chi connectivity index (χ2v) is 4.51. The van der Waals surface area contributed by atoms with Crippen molar-refractivity contribution in [2.24, 2.45) is 7.05 Å². The maximum absolute atomic E-state index is 13.7. The molecule has 1 heterocycles. The summed E-state index contributed by atoms with van der Waals surface area (Å²) in [6.45, 7) is 2.17. The number of aromatic nitrogens is 2. The summed E-state index contributed by atoms with van der Waals surface area (Å²) >= 11 is 6.11. The molecule has 0 spiro atoms. The molecule has 0 saturated heterocycles. The number of hydrogen-bond acceptors (Lipinski definition) is 3. The lowest BCUT2D eigenvalue weighted by Gasteiger charge is -2.08. The maximum atomic E-state index is 13.7. The number of nitrogens with one attached hydrogen (secondary N) is 1. The lowest BCUT2D eigenvalue weighted by atomic mass is 10.2. The van der Waals surface area contributed by atoms with Gasteiger partial charge in [0.05, 0.1) is 40.3 Å². The molecule has 0 unspecified atom stereocenters. The Kier molecular flexibility index (Phi) is 3.72. The number of anilines is 1. The SMILES string of the molecule is Cc1nn(C)c(CNc2ccc(C#N)cc2F)c1Cl. The number of nitrogens with zero attached hydrogens (tertiary/aromatic N) is 3. The van der Waals surface area contributed by atoms with Crippen LogP contribution in [0, 0.1) is 24.1 Å². The quantitative estimate of drug-likeness (QED) is 0.939. The Morgan fingerprint density at radius 2 is 2.26 bits per heavy atom. The van der Waals surface area contributed by atoms with Crippen LogP contribution in [-0.2, 0) is 13.6 Å². The Bertz CT molecular complexity index is 657. The molecule has 0 radical (unpaired) electrons. The molecule has 6 heteroatoms. The predicted octanol–water partition coefficient (Wildman–Crippen LogP) is 3.00. The highest BCUT2D eigenvalue weighted by molar-refractivity contribution is 6.31. The predicted molar refractivity (Wildman–Crippen MR) is 71.4 cm³/mol. The summed E-state index contributed by atoms with van der Waals surface area (Å²) < 4.78 is 15.3. The minimum absolute atomic E-state index is 0.289. The number of nitriles is 1. The molecular formula is C13H12ClFN4. The lowest BCUT2D eigenvalue weighted by molar-refractivity contribution is 0.628. The molecule has 0 aliphatic heterocycles. The molecule has 0 aliphatic rings. The molecule has 0 bridgehead atoms. The normalized spacial score (nSPS) is 10.3. The van der Waals surface area contributed by atoms with Crippen molar-refractivity contribution < 1.29 is 4.39 Å². The van der Waals surface area contributed by atoms with Gasteiger partial charge in [0.15, 0.2) is 0 Å². The number of halogens is 2. The van der Waals surface area contributed by atoms with Gasteiger partial charge < -0.3 is 5.32 Å². The van der Waals surface area contributed by atoms with Gasteiger partial charge in [-0.05, 0) is 25.1 Å². The van der Waals surface area contributed by atoms with Crippen LogP contribution in [0.15, 0.2) is 18.2 Å². The van der Waals surface area contributed by atoms with Gasteiger partial charge in [0, 0.05) is 7.05 Å². The van der Waals surface area contributed by atoms with Gasteiger partial charge in [-0.3, -0.25) is 4.68 Å². The summed E-state index contributed by atoms with van der Waals surface area (Å²) in [7, 11) is 1.78. The van der Waals surface area contributed by atoms with Crippen molar-refractivity contribution in [2.75, 3.05) is 5.32 Å². The molecule has 1 N–H and O–H groups in total. The molecule has 0 fully saturated rings. The van der Waals surface area contributed by atoms with Gasteiger partial charge in [-0.25, -0.2) is 4.39 Å². The van der Waals surface area contributed by atoms with Gasteiger partial charge >= 0.3 is 0 Å². The Balaban J connectivity index is 2.17. The van der Waals surface area contributed by atoms with Crippen LogP contribution in [0.2, 0.25) is 5.02 Å². The third-order valence-electron chi connectivity index (χ3n) is 2.81. The van der Waals surface area contributed by atoms with E-state index in [2.05, 4.69) is 10.4 Å². The van der Waals surface area contributed by atoms with Gasteiger partial charge in [-0.1, -0.05) is 11.6 Å². The topological polar surface area (TPSA) is 53.6 Å². The van der Waals surface area contributed by atoms with Crippen LogP contribution in [0.1, 0.15) is 17.0 Å². The van der Waals surface area contributed by atoms with Crippen LogP contribution in [-0.4, -0.2) is 9.78 Å². The summed E-state index contributed by atoms with van der Waals surface area (Å²) in [5, 5.41) is 16.4. The zero-order valence-electron chi connectivity index (χ0n) is 10.5. The highest BCUT2D eigenvalue weighted by atomic mass is 35.5. The summed E-state index contributed by atoms with van der Waals surface area (Å²) in [4.78, 5) is 0. The van der Waals surface area contributed by atoms with E-state index in [1.54, 1.807) is 17.8 Å². The number of rotatable bonds is 3. The van der Waals surface area contributed by atoms with Crippen molar-refractivity contribution in [3.8, 4) is 6.07 Å². The smallest absolute Gasteiger partial charge is 0.147 e. The Morgan fingerprint density at radius 1 is 1.53 bits per heavy atom. The molecule has 2 aromatic rings. The van der Waals surface area contributed by atoms with Gasteiger partial charge in [0.25, 0.3) is 0 Å². The molecule has 1 aromatic heterocycles. The van der Waals surface area contributed by atoms with Crippen LogP contribution in [0.25, 0.3) is 0 Å². The van der Waals surface area contributed by atoms with E-state index in [4.69, 9.17) is 16.9 Å². The fourth-order valence-electron chi connectivity index (χ4n) is 1.78. The fraction of sp³-hybridized carbons (Fsp3) is 0.231. The van der Waals surface area contributed by atoms with Crippen molar-refractivity contribution in [1.82, 2.24) is 9.78 Å². The first-order valence-corrected chi connectivity index (χ1v) is 6.02. The molecular weight excluding hydrogens is 267 g/mol. The first-order chi connectivity index (χ1) is 9.02. The summed E-state index contributed by atoms with van der Waals surface area (Å²) in [5.74, 6) is -0.464. The molecule has 4 nitrogen and oxygen atoms in total. The summed E-state index contributed by atoms with van der Waals surface area (Å²) in [6.07, 6.45) is 0. The van der Waals surface area contributed by atoms with Crippen molar-refractivity contribution in [3.05, 3.63) is 46.0 Å². The van der Waals surface area contributed by atoms with Gasteiger partial charge in [-0.15, -0.1) is 0 Å². The second-order valence-electron chi connectivity index (χ2n) is 4.13. The van der Waals surface area contributed by atoms with Crippen molar-refractivity contribution in [1.29, 1.82) is 5.26 Å². The monoisotopic (exact) mass is 278 g/mol. The zero-order chi connectivity index (χ0) is 14.0. The van der Waals surface area contributed by atoms with Gasteiger partial charge in [-0.2, -0.15) is 10.4 Å². The van der Waals surface area contributed by atoms with Crippen molar-refractivity contribution in [2.45, 2.75) is 13.5 Å². The molecule has 0 atom stereocenters.